The van der Waals surface area contributed by atoms with Gasteiger partial charge in [-0.25, -0.2) is 4.98 Å². The van der Waals surface area contributed by atoms with E-state index < -0.39 is 0 Å². The van der Waals surface area contributed by atoms with Crippen molar-refractivity contribution in [2.45, 2.75) is 6.42 Å². The highest BCUT2D eigenvalue weighted by molar-refractivity contribution is 5.48. The summed E-state index contributed by atoms with van der Waals surface area (Å²) < 4.78 is 4.85. The third-order valence-electron chi connectivity index (χ3n) is 1.84. The number of rotatable bonds is 4. The molecule has 0 radical (unpaired) electrons. The highest BCUT2D eigenvalue weighted by atomic mass is 16.5. The van der Waals surface area contributed by atoms with Gasteiger partial charge in [-0.2, -0.15) is 4.98 Å². The monoisotopic (exact) mass is 205 g/mol. The summed E-state index contributed by atoms with van der Waals surface area (Å²) in [4.78, 5) is 8.00. The Bertz CT molecular complexity index is 414. The summed E-state index contributed by atoms with van der Waals surface area (Å²) >= 11 is 0. The van der Waals surface area contributed by atoms with E-state index >= 15 is 0 Å². The molecular formula is C9H11N5O. The van der Waals surface area contributed by atoms with Crippen LogP contribution >= 0.6 is 0 Å². The third-order valence-corrected chi connectivity index (χ3v) is 1.84. The Hall–Kier alpha value is -2.11. The first-order chi connectivity index (χ1) is 7.34. The van der Waals surface area contributed by atoms with E-state index in [0.29, 0.717) is 24.5 Å². The minimum atomic E-state index is 0.603. The second-order valence-electron chi connectivity index (χ2n) is 2.99. The summed E-state index contributed by atoms with van der Waals surface area (Å²) in [5.74, 6) is 1.35. The van der Waals surface area contributed by atoms with E-state index in [-0.39, 0.29) is 0 Å². The van der Waals surface area contributed by atoms with Crippen molar-refractivity contribution in [2.75, 3.05) is 17.6 Å². The Morgan fingerprint density at radius 2 is 2.33 bits per heavy atom. The SMILES string of the molecule is Nc1ccnc(NCCc2ncno2)c1. The van der Waals surface area contributed by atoms with Crippen LogP contribution in [0.3, 0.4) is 0 Å². The predicted octanol–water partition coefficient (Wildman–Crippen LogP) is 0.701. The number of hydrogen-bond acceptors (Lipinski definition) is 6. The molecule has 0 bridgehead atoms. The lowest BCUT2D eigenvalue weighted by Gasteiger charge is -2.03. The third kappa shape index (κ3) is 2.67. The molecule has 0 aliphatic carbocycles. The number of anilines is 2. The summed E-state index contributed by atoms with van der Waals surface area (Å²) in [6.45, 7) is 0.679. The van der Waals surface area contributed by atoms with Gasteiger partial charge in [0.15, 0.2) is 6.33 Å². The second-order valence-corrected chi connectivity index (χ2v) is 2.99. The maximum Gasteiger partial charge on any atom is 0.228 e. The van der Waals surface area contributed by atoms with Gasteiger partial charge in [-0.3, -0.25) is 0 Å². The standard InChI is InChI=1S/C9H11N5O/c10-7-1-3-11-8(5-7)12-4-2-9-13-6-14-15-9/h1,3,5-6H,2,4H2,(H3,10,11,12). The largest absolute Gasteiger partial charge is 0.399 e. The minimum absolute atomic E-state index is 0.603. The number of nitrogens with one attached hydrogen (secondary N) is 1. The fraction of sp³-hybridized carbons (Fsp3) is 0.222. The molecular weight excluding hydrogens is 194 g/mol. The molecule has 0 amide bonds. The van der Waals surface area contributed by atoms with Gasteiger partial charge < -0.3 is 15.6 Å². The van der Waals surface area contributed by atoms with Crippen LogP contribution < -0.4 is 11.1 Å². The number of aromatic nitrogens is 3. The molecule has 0 aliphatic heterocycles. The molecule has 3 N–H and O–H groups in total. The molecule has 78 valence electrons. The van der Waals surface area contributed by atoms with Crippen molar-refractivity contribution in [3.8, 4) is 0 Å². The summed E-state index contributed by atoms with van der Waals surface area (Å²) in [6, 6.07) is 3.51. The lowest BCUT2D eigenvalue weighted by molar-refractivity contribution is 0.379. The zero-order valence-electron chi connectivity index (χ0n) is 8.05. The number of nitrogen functional groups attached to an aromatic ring is 1. The van der Waals surface area contributed by atoms with E-state index in [1.54, 1.807) is 18.3 Å². The molecule has 2 aromatic rings. The molecule has 6 heteroatoms. The Morgan fingerprint density at radius 1 is 1.40 bits per heavy atom. The normalized spacial score (nSPS) is 10.1. The Balaban J connectivity index is 1.83. The quantitative estimate of drug-likeness (QED) is 0.763. The first kappa shape index (κ1) is 9.45. The smallest absolute Gasteiger partial charge is 0.228 e. The molecule has 2 rings (SSSR count). The van der Waals surface area contributed by atoms with Crippen LogP contribution in [0.1, 0.15) is 5.89 Å². The zero-order chi connectivity index (χ0) is 10.5. The highest BCUT2D eigenvalue weighted by Crippen LogP contribution is 2.07. The van der Waals surface area contributed by atoms with Crippen molar-refractivity contribution in [1.82, 2.24) is 15.1 Å². The molecule has 0 saturated heterocycles. The molecule has 0 unspecified atom stereocenters. The van der Waals surface area contributed by atoms with Gasteiger partial charge in [-0.1, -0.05) is 5.16 Å². The average Bonchev–Trinajstić information content (AvgIpc) is 2.71. The van der Waals surface area contributed by atoms with E-state index in [2.05, 4.69) is 20.4 Å². The van der Waals surface area contributed by atoms with Crippen molar-refractivity contribution < 1.29 is 4.52 Å². The Morgan fingerprint density at radius 3 is 3.07 bits per heavy atom. The van der Waals surface area contributed by atoms with E-state index in [4.69, 9.17) is 10.3 Å². The van der Waals surface area contributed by atoms with Crippen LogP contribution in [-0.2, 0) is 6.42 Å². The molecule has 2 aromatic heterocycles. The van der Waals surface area contributed by atoms with Crippen LogP contribution in [0, 0.1) is 0 Å². The van der Waals surface area contributed by atoms with Crippen LogP contribution in [0.4, 0.5) is 11.5 Å². The maximum atomic E-state index is 5.60. The van der Waals surface area contributed by atoms with Crippen LogP contribution in [0.2, 0.25) is 0 Å². The lowest BCUT2D eigenvalue weighted by atomic mass is 10.4. The molecule has 0 atom stereocenters. The number of nitrogens with two attached hydrogens (primary N) is 1. The maximum absolute atomic E-state index is 5.60. The van der Waals surface area contributed by atoms with Gasteiger partial charge in [0, 0.05) is 30.9 Å². The molecule has 0 fully saturated rings. The molecule has 0 aliphatic rings. The van der Waals surface area contributed by atoms with E-state index in [9.17, 15) is 0 Å². The predicted molar refractivity (Wildman–Crippen MR) is 55.1 cm³/mol. The number of nitrogens with zero attached hydrogens (tertiary/aromatic N) is 3. The summed E-state index contributed by atoms with van der Waals surface area (Å²) in [7, 11) is 0. The number of pyridine rings is 1. The summed E-state index contributed by atoms with van der Waals surface area (Å²) in [6.07, 6.45) is 3.70. The van der Waals surface area contributed by atoms with Gasteiger partial charge in [0.25, 0.3) is 0 Å². The van der Waals surface area contributed by atoms with Crippen LogP contribution in [0.5, 0.6) is 0 Å². The fourth-order valence-electron chi connectivity index (χ4n) is 1.15. The van der Waals surface area contributed by atoms with Gasteiger partial charge in [-0.05, 0) is 6.07 Å². The van der Waals surface area contributed by atoms with Gasteiger partial charge in [0.1, 0.15) is 5.82 Å². The lowest BCUT2D eigenvalue weighted by Crippen LogP contribution is -2.06. The Kier molecular flexibility index (Phi) is 2.77. The first-order valence-electron chi connectivity index (χ1n) is 4.55. The van der Waals surface area contributed by atoms with Crippen LogP contribution in [-0.4, -0.2) is 21.7 Å². The van der Waals surface area contributed by atoms with Crippen molar-refractivity contribution in [2.24, 2.45) is 0 Å². The van der Waals surface area contributed by atoms with Crippen molar-refractivity contribution in [1.29, 1.82) is 0 Å². The molecule has 6 nitrogen and oxygen atoms in total. The molecule has 2 heterocycles. The van der Waals surface area contributed by atoms with Crippen molar-refractivity contribution in [3.63, 3.8) is 0 Å². The molecule has 0 aromatic carbocycles. The van der Waals surface area contributed by atoms with Crippen LogP contribution in [0.25, 0.3) is 0 Å². The van der Waals surface area contributed by atoms with Gasteiger partial charge >= 0.3 is 0 Å². The Labute approximate surface area is 86.5 Å². The molecule has 0 spiro atoms. The van der Waals surface area contributed by atoms with E-state index in [0.717, 1.165) is 5.82 Å². The van der Waals surface area contributed by atoms with E-state index in [1.165, 1.54) is 6.33 Å². The van der Waals surface area contributed by atoms with Crippen molar-refractivity contribution >= 4 is 11.5 Å². The average molecular weight is 205 g/mol. The van der Waals surface area contributed by atoms with Crippen molar-refractivity contribution in [3.05, 3.63) is 30.5 Å². The minimum Gasteiger partial charge on any atom is -0.399 e. The topological polar surface area (TPSA) is 89.9 Å². The fourth-order valence-corrected chi connectivity index (χ4v) is 1.15. The summed E-state index contributed by atoms with van der Waals surface area (Å²) in [5.41, 5.74) is 6.29. The van der Waals surface area contributed by atoms with Gasteiger partial charge in [-0.15, -0.1) is 0 Å². The zero-order valence-corrected chi connectivity index (χ0v) is 8.05. The van der Waals surface area contributed by atoms with Gasteiger partial charge in [0.05, 0.1) is 0 Å². The molecule has 0 saturated carbocycles. The van der Waals surface area contributed by atoms with Crippen LogP contribution in [0.15, 0.2) is 29.2 Å². The highest BCUT2D eigenvalue weighted by Gasteiger charge is 1.99. The second kappa shape index (κ2) is 4.41. The molecule has 15 heavy (non-hydrogen) atoms. The first-order valence-corrected chi connectivity index (χ1v) is 4.55. The van der Waals surface area contributed by atoms with E-state index in [1.807, 2.05) is 0 Å². The summed E-state index contributed by atoms with van der Waals surface area (Å²) in [5, 5.41) is 6.62. The van der Waals surface area contributed by atoms with Gasteiger partial charge in [0.2, 0.25) is 5.89 Å². The number of hydrogen-bond donors (Lipinski definition) is 2.